The molecule has 1 atom stereocenters. The number of allylic oxidation sites excluding steroid dienone is 1. The molecule has 5 nitrogen and oxygen atoms in total. The third-order valence-electron chi connectivity index (χ3n) is 4.98. The van der Waals surface area contributed by atoms with Gasteiger partial charge >= 0.3 is 0 Å². The van der Waals surface area contributed by atoms with Gasteiger partial charge in [0.05, 0.1) is 16.9 Å². The molecule has 0 aliphatic carbocycles. The highest BCUT2D eigenvalue weighted by Crippen LogP contribution is 2.34. The maximum absolute atomic E-state index is 12.8. The fourth-order valence-electron chi connectivity index (χ4n) is 3.48. The minimum Gasteiger partial charge on any atom is -0.321 e. The zero-order valence-corrected chi connectivity index (χ0v) is 17.9. The van der Waals surface area contributed by atoms with Gasteiger partial charge in [0.25, 0.3) is 5.91 Å². The van der Waals surface area contributed by atoms with E-state index in [9.17, 15) is 4.79 Å². The van der Waals surface area contributed by atoms with Gasteiger partial charge in [0, 0.05) is 35.5 Å². The Balaban J connectivity index is 1.43. The van der Waals surface area contributed by atoms with E-state index in [2.05, 4.69) is 26.4 Å². The summed E-state index contributed by atoms with van der Waals surface area (Å²) in [4.78, 5) is 26.7. The van der Waals surface area contributed by atoms with Crippen LogP contribution >= 0.6 is 22.9 Å². The molecule has 5 rings (SSSR count). The van der Waals surface area contributed by atoms with Gasteiger partial charge in [-0.2, -0.15) is 0 Å². The van der Waals surface area contributed by atoms with Crippen LogP contribution in [0.25, 0.3) is 22.0 Å². The van der Waals surface area contributed by atoms with Crippen molar-refractivity contribution in [2.24, 2.45) is 4.99 Å². The number of aromatic nitrogens is 2. The molecule has 0 saturated heterocycles. The average molecular weight is 445 g/mol. The Bertz CT molecular complexity index is 1330. The van der Waals surface area contributed by atoms with Crippen LogP contribution in [-0.2, 0) is 0 Å². The molecule has 0 radical (unpaired) electrons. The first kappa shape index (κ1) is 19.6. The number of halogens is 1. The topological polar surface area (TPSA) is 67.2 Å². The molecule has 31 heavy (non-hydrogen) atoms. The van der Waals surface area contributed by atoms with Crippen LogP contribution in [0.5, 0.6) is 0 Å². The number of carbonyl (C=O) groups excluding carboxylic acids is 1. The predicted octanol–water partition coefficient (Wildman–Crippen LogP) is 6.34. The smallest absolute Gasteiger partial charge is 0.267 e. The first-order chi connectivity index (χ1) is 15.2. The molecule has 0 saturated carbocycles. The molecule has 1 amide bonds. The molecular formula is C24H17ClN4OS. The highest BCUT2D eigenvalue weighted by atomic mass is 35.5. The minimum atomic E-state index is -0.216. The Kier molecular flexibility index (Phi) is 5.32. The van der Waals surface area contributed by atoms with E-state index in [1.807, 2.05) is 48.7 Å². The van der Waals surface area contributed by atoms with Gasteiger partial charge in [-0.05, 0) is 29.7 Å². The lowest BCUT2D eigenvalue weighted by atomic mass is 10.0. The molecule has 1 N–H and O–H groups in total. The third kappa shape index (κ3) is 4.00. The average Bonchev–Trinajstić information content (AvgIpc) is 3.31. The van der Waals surface area contributed by atoms with Gasteiger partial charge in [-0.25, -0.2) is 4.98 Å². The molecule has 2 aromatic carbocycles. The fourth-order valence-corrected chi connectivity index (χ4v) is 4.53. The van der Waals surface area contributed by atoms with Gasteiger partial charge in [-0.3, -0.25) is 14.8 Å². The van der Waals surface area contributed by atoms with Crippen LogP contribution in [0.1, 0.15) is 27.1 Å². The number of hydrogen-bond acceptors (Lipinski definition) is 5. The van der Waals surface area contributed by atoms with Crippen LogP contribution in [0.4, 0.5) is 5.69 Å². The van der Waals surface area contributed by atoms with Crippen molar-refractivity contribution >= 4 is 51.5 Å². The van der Waals surface area contributed by atoms with Gasteiger partial charge < -0.3 is 5.32 Å². The number of nitrogens with zero attached hydrogens (tertiary/aromatic N) is 3. The maximum Gasteiger partial charge on any atom is 0.267 e. The molecule has 4 aromatic rings. The molecule has 2 aromatic heterocycles. The number of aliphatic imine (C=N–C) groups is 1. The summed E-state index contributed by atoms with van der Waals surface area (Å²) in [6.07, 6.45) is 10.1. The van der Waals surface area contributed by atoms with E-state index in [1.54, 1.807) is 24.5 Å². The second-order valence-corrected chi connectivity index (χ2v) is 8.50. The van der Waals surface area contributed by atoms with Gasteiger partial charge in [0.2, 0.25) is 0 Å². The highest BCUT2D eigenvalue weighted by Gasteiger charge is 2.17. The van der Waals surface area contributed by atoms with E-state index >= 15 is 0 Å². The van der Waals surface area contributed by atoms with E-state index in [1.165, 1.54) is 11.3 Å². The summed E-state index contributed by atoms with van der Waals surface area (Å²) in [5, 5.41) is 6.40. The Morgan fingerprint density at radius 3 is 2.90 bits per heavy atom. The number of carbonyl (C=O) groups is 1. The van der Waals surface area contributed by atoms with Crippen LogP contribution in [0.15, 0.2) is 78.1 Å². The Morgan fingerprint density at radius 2 is 2.03 bits per heavy atom. The second-order valence-electron chi connectivity index (χ2n) is 7.03. The Morgan fingerprint density at radius 1 is 1.13 bits per heavy atom. The van der Waals surface area contributed by atoms with Crippen molar-refractivity contribution in [3.05, 3.63) is 88.0 Å². The molecule has 0 bridgehead atoms. The van der Waals surface area contributed by atoms with Crippen molar-refractivity contribution in [1.82, 2.24) is 9.97 Å². The zero-order chi connectivity index (χ0) is 21.2. The number of thiazole rings is 1. The lowest BCUT2D eigenvalue weighted by Gasteiger charge is -2.10. The molecule has 3 heterocycles. The van der Waals surface area contributed by atoms with Crippen LogP contribution in [0.2, 0.25) is 5.02 Å². The Labute approximate surface area is 188 Å². The molecular weight excluding hydrogens is 428 g/mol. The van der Waals surface area contributed by atoms with Crippen LogP contribution in [0, 0.1) is 0 Å². The number of anilines is 1. The molecule has 0 fully saturated rings. The van der Waals surface area contributed by atoms with Gasteiger partial charge in [0.15, 0.2) is 0 Å². The quantitative estimate of drug-likeness (QED) is 0.373. The van der Waals surface area contributed by atoms with E-state index < -0.39 is 0 Å². The van der Waals surface area contributed by atoms with Crippen LogP contribution in [-0.4, -0.2) is 22.1 Å². The maximum atomic E-state index is 12.8. The number of amides is 1. The molecule has 0 spiro atoms. The number of nitrogens with one attached hydrogen (secondary N) is 1. The second kappa shape index (κ2) is 8.41. The summed E-state index contributed by atoms with van der Waals surface area (Å²) in [5.74, 6) is -0.216. The van der Waals surface area contributed by atoms with Crippen molar-refractivity contribution in [2.45, 2.75) is 12.5 Å². The summed E-state index contributed by atoms with van der Waals surface area (Å²) in [7, 11) is 0. The Hall–Kier alpha value is -3.35. The van der Waals surface area contributed by atoms with Crippen molar-refractivity contribution < 1.29 is 4.79 Å². The molecule has 1 unspecified atom stereocenters. The molecule has 152 valence electrons. The largest absolute Gasteiger partial charge is 0.321 e. The summed E-state index contributed by atoms with van der Waals surface area (Å²) < 4.78 is 0. The number of rotatable bonds is 4. The lowest BCUT2D eigenvalue weighted by molar-refractivity contribution is 0.103. The number of dihydropyridines is 1. The first-order valence-electron chi connectivity index (χ1n) is 9.78. The predicted molar refractivity (Wildman–Crippen MR) is 127 cm³/mol. The monoisotopic (exact) mass is 444 g/mol. The third-order valence-corrected chi connectivity index (χ3v) is 6.38. The molecule has 1 aliphatic heterocycles. The van der Waals surface area contributed by atoms with E-state index in [0.717, 1.165) is 33.5 Å². The minimum absolute atomic E-state index is 0.111. The van der Waals surface area contributed by atoms with Gasteiger partial charge in [-0.1, -0.05) is 48.0 Å². The highest BCUT2D eigenvalue weighted by molar-refractivity contribution is 7.13. The molecule has 7 heteroatoms. The van der Waals surface area contributed by atoms with Gasteiger partial charge in [0.1, 0.15) is 15.9 Å². The SMILES string of the molecule is O=C(Nc1ccc(Cl)c(-c2nccc3ccccc23)c1)c1cnc(C2C=CCC=N2)s1. The summed E-state index contributed by atoms with van der Waals surface area (Å²) in [6, 6.07) is 15.3. The number of pyridine rings is 1. The number of hydrogen-bond donors (Lipinski definition) is 1. The molecule has 1 aliphatic rings. The summed E-state index contributed by atoms with van der Waals surface area (Å²) >= 11 is 7.84. The van der Waals surface area contributed by atoms with Crippen molar-refractivity contribution in [1.29, 1.82) is 0 Å². The van der Waals surface area contributed by atoms with E-state index in [-0.39, 0.29) is 11.9 Å². The summed E-state index contributed by atoms with van der Waals surface area (Å²) in [6.45, 7) is 0. The summed E-state index contributed by atoms with van der Waals surface area (Å²) in [5.41, 5.74) is 2.19. The van der Waals surface area contributed by atoms with Gasteiger partial charge in [-0.15, -0.1) is 11.3 Å². The van der Waals surface area contributed by atoms with Crippen LogP contribution < -0.4 is 5.32 Å². The van der Waals surface area contributed by atoms with Crippen molar-refractivity contribution in [3.63, 3.8) is 0 Å². The number of benzene rings is 2. The first-order valence-corrected chi connectivity index (χ1v) is 11.0. The van der Waals surface area contributed by atoms with Crippen molar-refractivity contribution in [2.75, 3.05) is 5.32 Å². The lowest BCUT2D eigenvalue weighted by Crippen LogP contribution is -2.10. The van der Waals surface area contributed by atoms with Crippen molar-refractivity contribution in [3.8, 4) is 11.3 Å². The van der Waals surface area contributed by atoms with Crippen LogP contribution in [0.3, 0.4) is 0 Å². The number of fused-ring (bicyclic) bond motifs is 1. The standard InChI is InChI=1S/C24H17ClN4OS/c25-19-9-8-16(13-18(19)22-17-6-2-1-5-15(17)10-12-27-22)29-23(30)21-14-28-24(31-21)20-7-3-4-11-26-20/h1-3,5-14,20H,4H2,(H,29,30). The fraction of sp³-hybridized carbons (Fsp3) is 0.0833. The van der Waals surface area contributed by atoms with E-state index in [4.69, 9.17) is 11.6 Å². The zero-order valence-electron chi connectivity index (χ0n) is 16.3. The van der Waals surface area contributed by atoms with E-state index in [0.29, 0.717) is 15.6 Å². The normalized spacial score (nSPS) is 15.3.